The van der Waals surface area contributed by atoms with Crippen LogP contribution < -0.4 is 14.4 Å². The van der Waals surface area contributed by atoms with E-state index < -0.39 is 11.6 Å². The summed E-state index contributed by atoms with van der Waals surface area (Å²) in [7, 11) is 0. The summed E-state index contributed by atoms with van der Waals surface area (Å²) in [6.45, 7) is 5.30. The fourth-order valence-corrected chi connectivity index (χ4v) is 5.35. The Morgan fingerprint density at radius 3 is 2.23 bits per heavy atom. The standard InChI is InChI=1S/C36H38N2O5/c1-3-10-27-15-19-30(20-16-27)38-33-14-8-7-11-29(33)26-37(35(38)41)23-9-24-42-31-21-17-28(18-22-31)25-36(2,34(39)40)43-32-12-5-4-6-13-32/h4-8,11-22H,3,9-10,23-26H2,1-2H3,(H,39,40)/t36-/m0/s1. The quantitative estimate of drug-likeness (QED) is 0.165. The molecule has 0 spiro atoms. The highest BCUT2D eigenvalue weighted by molar-refractivity contribution is 6.01. The first kappa shape index (κ1) is 29.7. The molecule has 0 fully saturated rings. The first-order valence-electron chi connectivity index (χ1n) is 14.8. The van der Waals surface area contributed by atoms with Crippen LogP contribution in [0, 0.1) is 0 Å². The van der Waals surface area contributed by atoms with Gasteiger partial charge in [-0.1, -0.05) is 74.0 Å². The first-order chi connectivity index (χ1) is 20.9. The zero-order valence-corrected chi connectivity index (χ0v) is 24.7. The van der Waals surface area contributed by atoms with Crippen molar-refractivity contribution < 1.29 is 24.2 Å². The monoisotopic (exact) mass is 578 g/mol. The molecule has 0 unspecified atom stereocenters. The normalized spacial score (nSPS) is 14.1. The van der Waals surface area contributed by atoms with Crippen LogP contribution in [0.4, 0.5) is 16.2 Å². The summed E-state index contributed by atoms with van der Waals surface area (Å²) in [5.41, 5.74) is 3.59. The Labute approximate surface area is 253 Å². The maximum absolute atomic E-state index is 13.6. The van der Waals surface area contributed by atoms with E-state index in [2.05, 4.69) is 25.1 Å². The Bertz CT molecular complexity index is 1520. The fourth-order valence-electron chi connectivity index (χ4n) is 5.35. The van der Waals surface area contributed by atoms with Gasteiger partial charge in [0, 0.05) is 19.5 Å². The van der Waals surface area contributed by atoms with Crippen molar-refractivity contribution in [2.45, 2.75) is 51.7 Å². The van der Waals surface area contributed by atoms with Crippen LogP contribution in [-0.2, 0) is 24.2 Å². The number of urea groups is 1. The molecule has 0 aromatic heterocycles. The van der Waals surface area contributed by atoms with E-state index in [1.54, 1.807) is 24.0 Å². The smallest absolute Gasteiger partial charge is 0.348 e. The topological polar surface area (TPSA) is 79.3 Å². The number of carbonyl (C=O) groups excluding carboxylic acids is 1. The van der Waals surface area contributed by atoms with Crippen LogP contribution in [0.25, 0.3) is 0 Å². The fraction of sp³-hybridized carbons (Fsp3) is 0.278. The number of nitrogens with zero attached hydrogens (tertiary/aromatic N) is 2. The Morgan fingerprint density at radius 2 is 1.53 bits per heavy atom. The zero-order chi connectivity index (χ0) is 30.2. The number of amides is 2. The lowest BCUT2D eigenvalue weighted by atomic mass is 9.96. The third kappa shape index (κ3) is 7.17. The van der Waals surface area contributed by atoms with Gasteiger partial charge in [-0.3, -0.25) is 4.90 Å². The van der Waals surface area contributed by atoms with Crippen molar-refractivity contribution in [1.29, 1.82) is 0 Å². The summed E-state index contributed by atoms with van der Waals surface area (Å²) in [5, 5.41) is 9.86. The number of carboxylic acids is 1. The summed E-state index contributed by atoms with van der Waals surface area (Å²) >= 11 is 0. The van der Waals surface area contributed by atoms with Crippen LogP contribution in [0.5, 0.6) is 11.5 Å². The minimum absolute atomic E-state index is 0.0366. The molecule has 0 radical (unpaired) electrons. The summed E-state index contributed by atoms with van der Waals surface area (Å²) in [5.74, 6) is 0.170. The van der Waals surface area contributed by atoms with Crippen molar-refractivity contribution >= 4 is 23.4 Å². The van der Waals surface area contributed by atoms with E-state index in [1.165, 1.54) is 5.56 Å². The van der Waals surface area contributed by atoms with Crippen LogP contribution in [0.15, 0.2) is 103 Å². The summed E-state index contributed by atoms with van der Waals surface area (Å²) < 4.78 is 11.8. The maximum atomic E-state index is 13.6. The molecule has 0 saturated heterocycles. The summed E-state index contributed by atoms with van der Waals surface area (Å²) in [6, 6.07) is 32.7. The van der Waals surface area contributed by atoms with Crippen molar-refractivity contribution in [3.05, 3.63) is 120 Å². The van der Waals surface area contributed by atoms with Crippen molar-refractivity contribution in [3.63, 3.8) is 0 Å². The van der Waals surface area contributed by atoms with Gasteiger partial charge in [-0.15, -0.1) is 0 Å². The predicted octanol–water partition coefficient (Wildman–Crippen LogP) is 7.65. The van der Waals surface area contributed by atoms with Gasteiger partial charge in [-0.25, -0.2) is 9.59 Å². The third-order valence-electron chi connectivity index (χ3n) is 7.63. The number of benzene rings is 4. The molecule has 0 aliphatic carbocycles. The molecule has 2 amide bonds. The summed E-state index contributed by atoms with van der Waals surface area (Å²) in [6.07, 6.45) is 2.97. The van der Waals surface area contributed by atoms with Crippen molar-refractivity contribution in [2.75, 3.05) is 18.1 Å². The maximum Gasteiger partial charge on any atom is 0.348 e. The lowest BCUT2D eigenvalue weighted by molar-refractivity contribution is -0.153. The highest BCUT2D eigenvalue weighted by Gasteiger charge is 2.36. The molecule has 1 N–H and O–H groups in total. The van der Waals surface area contributed by atoms with Gasteiger partial charge in [0.2, 0.25) is 5.60 Å². The number of para-hydroxylation sites is 2. The van der Waals surface area contributed by atoms with E-state index in [0.29, 0.717) is 37.6 Å². The highest BCUT2D eigenvalue weighted by atomic mass is 16.5. The van der Waals surface area contributed by atoms with Gasteiger partial charge in [-0.05, 0) is 78.9 Å². The molecule has 1 atom stereocenters. The molecule has 4 aromatic carbocycles. The van der Waals surface area contributed by atoms with Crippen molar-refractivity contribution in [3.8, 4) is 11.5 Å². The molecule has 5 rings (SSSR count). The number of carboxylic acid groups (broad SMARTS) is 1. The SMILES string of the molecule is CCCc1ccc(N2C(=O)N(CCCOc3ccc(C[C@](C)(Oc4ccccc4)C(=O)O)cc3)Cc3ccccc32)cc1. The number of anilines is 2. The second kappa shape index (κ2) is 13.5. The minimum Gasteiger partial charge on any atom is -0.494 e. The Hall–Kier alpha value is -4.78. The highest BCUT2D eigenvalue weighted by Crippen LogP contribution is 2.35. The van der Waals surface area contributed by atoms with Gasteiger partial charge in [0.25, 0.3) is 0 Å². The Balaban J connectivity index is 1.17. The van der Waals surface area contributed by atoms with Crippen LogP contribution in [0.2, 0.25) is 0 Å². The van der Waals surface area contributed by atoms with E-state index in [0.717, 1.165) is 35.3 Å². The van der Waals surface area contributed by atoms with Gasteiger partial charge in [0.05, 0.1) is 18.0 Å². The summed E-state index contributed by atoms with van der Waals surface area (Å²) in [4.78, 5) is 29.4. The molecular weight excluding hydrogens is 540 g/mol. The molecule has 1 heterocycles. The van der Waals surface area contributed by atoms with Crippen molar-refractivity contribution in [2.24, 2.45) is 0 Å². The molecule has 7 heteroatoms. The lowest BCUT2D eigenvalue weighted by Crippen LogP contribution is -2.45. The molecule has 4 aromatic rings. The van der Waals surface area contributed by atoms with Gasteiger partial charge in [-0.2, -0.15) is 0 Å². The Kier molecular flexibility index (Phi) is 9.30. The molecule has 1 aliphatic heterocycles. The van der Waals surface area contributed by atoms with Gasteiger partial charge in [0.15, 0.2) is 0 Å². The first-order valence-corrected chi connectivity index (χ1v) is 14.8. The molecular formula is C36H38N2O5. The number of aliphatic carboxylic acids is 1. The number of aryl methyl sites for hydroxylation is 1. The molecule has 222 valence electrons. The van der Waals surface area contributed by atoms with E-state index in [4.69, 9.17) is 9.47 Å². The van der Waals surface area contributed by atoms with Crippen LogP contribution >= 0.6 is 0 Å². The zero-order valence-electron chi connectivity index (χ0n) is 24.7. The second-order valence-corrected chi connectivity index (χ2v) is 11.1. The number of fused-ring (bicyclic) bond motifs is 1. The number of ether oxygens (including phenoxy) is 2. The third-order valence-corrected chi connectivity index (χ3v) is 7.63. The van der Waals surface area contributed by atoms with E-state index in [9.17, 15) is 14.7 Å². The van der Waals surface area contributed by atoms with Gasteiger partial charge in [0.1, 0.15) is 11.5 Å². The molecule has 0 saturated carbocycles. The Morgan fingerprint density at radius 1 is 0.860 bits per heavy atom. The van der Waals surface area contributed by atoms with E-state index in [1.807, 2.05) is 77.7 Å². The molecule has 1 aliphatic rings. The molecule has 7 nitrogen and oxygen atoms in total. The van der Waals surface area contributed by atoms with Crippen molar-refractivity contribution in [1.82, 2.24) is 4.90 Å². The van der Waals surface area contributed by atoms with Crippen LogP contribution in [-0.4, -0.2) is 40.8 Å². The number of hydrogen-bond donors (Lipinski definition) is 1. The predicted molar refractivity (Wildman–Crippen MR) is 168 cm³/mol. The average Bonchev–Trinajstić information content (AvgIpc) is 3.01. The van der Waals surface area contributed by atoms with Crippen LogP contribution in [0.1, 0.15) is 43.4 Å². The average molecular weight is 579 g/mol. The van der Waals surface area contributed by atoms with Crippen LogP contribution in [0.3, 0.4) is 0 Å². The largest absolute Gasteiger partial charge is 0.494 e. The lowest BCUT2D eigenvalue weighted by Gasteiger charge is -2.37. The van der Waals surface area contributed by atoms with E-state index in [-0.39, 0.29) is 12.5 Å². The van der Waals surface area contributed by atoms with Gasteiger partial charge < -0.3 is 19.5 Å². The number of hydrogen-bond acceptors (Lipinski definition) is 4. The van der Waals surface area contributed by atoms with E-state index >= 15 is 0 Å². The number of carbonyl (C=O) groups is 2. The minimum atomic E-state index is -1.41. The van der Waals surface area contributed by atoms with Gasteiger partial charge >= 0.3 is 12.0 Å². The number of rotatable bonds is 13. The second-order valence-electron chi connectivity index (χ2n) is 11.1. The molecule has 0 bridgehead atoms. The molecule has 43 heavy (non-hydrogen) atoms.